The first kappa shape index (κ1) is 20.9. The van der Waals surface area contributed by atoms with Crippen molar-refractivity contribution in [2.45, 2.75) is 53.9 Å². The summed E-state index contributed by atoms with van der Waals surface area (Å²) >= 11 is 0. The van der Waals surface area contributed by atoms with Gasteiger partial charge < -0.3 is 11.5 Å². The third-order valence-corrected chi connectivity index (χ3v) is 3.67. The van der Waals surface area contributed by atoms with Gasteiger partial charge in [0.05, 0.1) is 0 Å². The fraction of sp³-hybridized carbons (Fsp3) is 0.474. The maximum absolute atomic E-state index is 5.75. The van der Waals surface area contributed by atoms with E-state index in [1.807, 2.05) is 38.1 Å². The molecule has 0 spiro atoms. The highest BCUT2D eigenvalue weighted by Crippen LogP contribution is 2.26. The van der Waals surface area contributed by atoms with E-state index in [2.05, 4.69) is 37.7 Å². The summed E-state index contributed by atoms with van der Waals surface area (Å²) in [6.45, 7) is 12.6. The van der Waals surface area contributed by atoms with Gasteiger partial charge in [0.15, 0.2) is 0 Å². The summed E-state index contributed by atoms with van der Waals surface area (Å²) in [6.07, 6.45) is 4.39. The molecule has 1 atom stereocenters. The molecule has 0 saturated carbocycles. The van der Waals surface area contributed by atoms with Crippen molar-refractivity contribution in [1.29, 1.82) is 0 Å². The molecule has 2 rings (SSSR count). The number of pyridine rings is 2. The molecule has 0 saturated heterocycles. The smallest absolute Gasteiger partial charge is 0.126 e. The van der Waals surface area contributed by atoms with Gasteiger partial charge in [0.1, 0.15) is 11.6 Å². The molecule has 0 amide bonds. The molecule has 0 aliphatic rings. The first-order valence-corrected chi connectivity index (χ1v) is 8.37. The van der Waals surface area contributed by atoms with Crippen molar-refractivity contribution >= 4 is 11.6 Å². The Balaban J connectivity index is 0.000000392. The summed E-state index contributed by atoms with van der Waals surface area (Å²) < 4.78 is 0. The molecule has 128 valence electrons. The zero-order valence-corrected chi connectivity index (χ0v) is 15.4. The van der Waals surface area contributed by atoms with E-state index in [0.29, 0.717) is 23.5 Å². The summed E-state index contributed by atoms with van der Waals surface area (Å²) in [7, 11) is 0. The van der Waals surface area contributed by atoms with Crippen molar-refractivity contribution in [3.63, 3.8) is 0 Å². The van der Waals surface area contributed by atoms with Crippen LogP contribution in [0.1, 0.15) is 58.6 Å². The molecule has 0 aliphatic heterocycles. The first-order valence-electron chi connectivity index (χ1n) is 8.37. The van der Waals surface area contributed by atoms with Gasteiger partial charge in [0.25, 0.3) is 0 Å². The van der Waals surface area contributed by atoms with Crippen LogP contribution >= 0.6 is 0 Å². The van der Waals surface area contributed by atoms with Gasteiger partial charge >= 0.3 is 0 Å². The zero-order chi connectivity index (χ0) is 17.8. The van der Waals surface area contributed by atoms with Crippen molar-refractivity contribution in [3.05, 3.63) is 47.8 Å². The van der Waals surface area contributed by atoms with Gasteiger partial charge in [-0.1, -0.05) is 53.7 Å². The van der Waals surface area contributed by atoms with Crippen LogP contribution in [-0.2, 0) is 6.42 Å². The Morgan fingerprint density at radius 1 is 0.913 bits per heavy atom. The predicted molar refractivity (Wildman–Crippen MR) is 101 cm³/mol. The third-order valence-electron chi connectivity index (χ3n) is 3.67. The van der Waals surface area contributed by atoms with Crippen molar-refractivity contribution in [1.82, 2.24) is 9.97 Å². The molecule has 23 heavy (non-hydrogen) atoms. The van der Waals surface area contributed by atoms with E-state index in [-0.39, 0.29) is 0 Å². The Kier molecular flexibility index (Phi) is 10.4. The number of hydrogen-bond acceptors (Lipinski definition) is 4. The van der Waals surface area contributed by atoms with Crippen LogP contribution in [0.4, 0.5) is 11.6 Å². The highest BCUT2D eigenvalue weighted by molar-refractivity contribution is 5.41. The molecule has 2 aromatic heterocycles. The largest absolute Gasteiger partial charge is 0.383 e. The molecule has 4 N–H and O–H groups in total. The van der Waals surface area contributed by atoms with E-state index < -0.39 is 0 Å². The lowest BCUT2D eigenvalue weighted by atomic mass is 9.91. The van der Waals surface area contributed by atoms with E-state index in [1.54, 1.807) is 12.4 Å². The van der Waals surface area contributed by atoms with Crippen LogP contribution in [0.15, 0.2) is 36.7 Å². The molecule has 2 heterocycles. The van der Waals surface area contributed by atoms with Crippen molar-refractivity contribution < 1.29 is 0 Å². The Morgan fingerprint density at radius 2 is 1.43 bits per heavy atom. The molecule has 0 aliphatic carbocycles. The SMILES string of the molecule is CC.CC(C)C(C)c1cccnc1N.CCc1cccnc1N. The molecular weight excluding hydrogens is 284 g/mol. The van der Waals surface area contributed by atoms with Gasteiger partial charge in [-0.3, -0.25) is 0 Å². The number of rotatable bonds is 3. The van der Waals surface area contributed by atoms with Gasteiger partial charge in [-0.2, -0.15) is 0 Å². The molecular formula is C19H32N4. The standard InChI is InChI=1S/C10H16N2.C7H10N2.C2H6/c1-7(2)8(3)9-5-4-6-12-10(9)11;1-2-6-4-3-5-9-7(6)8;1-2/h4-8H,1-3H3,(H2,11,12);3-5H,2H2,1H3,(H2,8,9);1-2H3. The second-order valence-electron chi connectivity index (χ2n) is 5.41. The topological polar surface area (TPSA) is 77.8 Å². The number of nitrogen functional groups attached to an aromatic ring is 2. The van der Waals surface area contributed by atoms with Crippen LogP contribution in [0, 0.1) is 5.92 Å². The Morgan fingerprint density at radius 3 is 1.83 bits per heavy atom. The summed E-state index contributed by atoms with van der Waals surface area (Å²) in [5.41, 5.74) is 13.6. The van der Waals surface area contributed by atoms with E-state index in [0.717, 1.165) is 17.5 Å². The molecule has 1 unspecified atom stereocenters. The summed E-state index contributed by atoms with van der Waals surface area (Å²) in [6, 6.07) is 7.87. The second kappa shape index (κ2) is 11.5. The van der Waals surface area contributed by atoms with Gasteiger partial charge in [0.2, 0.25) is 0 Å². The molecule has 0 bridgehead atoms. The normalized spacial score (nSPS) is 10.9. The van der Waals surface area contributed by atoms with Crippen LogP contribution in [0.5, 0.6) is 0 Å². The number of aryl methyl sites for hydroxylation is 1. The summed E-state index contributed by atoms with van der Waals surface area (Å²) in [5.74, 6) is 2.41. The average molecular weight is 316 g/mol. The second-order valence-corrected chi connectivity index (χ2v) is 5.41. The third kappa shape index (κ3) is 7.13. The fourth-order valence-corrected chi connectivity index (χ4v) is 1.92. The van der Waals surface area contributed by atoms with Crippen LogP contribution < -0.4 is 11.5 Å². The summed E-state index contributed by atoms with van der Waals surface area (Å²) in [4.78, 5) is 7.99. The van der Waals surface area contributed by atoms with Gasteiger partial charge in [-0.05, 0) is 41.5 Å². The number of nitrogens with two attached hydrogens (primary N) is 2. The minimum atomic E-state index is 0.485. The van der Waals surface area contributed by atoms with E-state index in [9.17, 15) is 0 Å². The lowest BCUT2D eigenvalue weighted by Crippen LogP contribution is -2.06. The van der Waals surface area contributed by atoms with Gasteiger partial charge in [-0.15, -0.1) is 0 Å². The number of aromatic nitrogens is 2. The van der Waals surface area contributed by atoms with Crippen molar-refractivity contribution in [3.8, 4) is 0 Å². The van der Waals surface area contributed by atoms with Gasteiger partial charge in [-0.25, -0.2) is 9.97 Å². The molecule has 4 heteroatoms. The molecule has 0 aromatic carbocycles. The number of hydrogen-bond donors (Lipinski definition) is 2. The molecule has 0 radical (unpaired) electrons. The highest BCUT2D eigenvalue weighted by atomic mass is 14.8. The van der Waals surface area contributed by atoms with Crippen LogP contribution in [0.25, 0.3) is 0 Å². The van der Waals surface area contributed by atoms with E-state index in [4.69, 9.17) is 11.5 Å². The molecule has 2 aromatic rings. The minimum absolute atomic E-state index is 0.485. The Hall–Kier alpha value is -2.10. The lowest BCUT2D eigenvalue weighted by Gasteiger charge is -2.16. The zero-order valence-electron chi connectivity index (χ0n) is 15.4. The lowest BCUT2D eigenvalue weighted by molar-refractivity contribution is 0.535. The van der Waals surface area contributed by atoms with Gasteiger partial charge in [0, 0.05) is 12.4 Å². The van der Waals surface area contributed by atoms with E-state index in [1.165, 1.54) is 0 Å². The minimum Gasteiger partial charge on any atom is -0.383 e. The van der Waals surface area contributed by atoms with Crippen LogP contribution in [0.3, 0.4) is 0 Å². The average Bonchev–Trinajstić information content (AvgIpc) is 2.57. The van der Waals surface area contributed by atoms with Crippen LogP contribution in [0.2, 0.25) is 0 Å². The quantitative estimate of drug-likeness (QED) is 0.862. The fourth-order valence-electron chi connectivity index (χ4n) is 1.92. The maximum Gasteiger partial charge on any atom is 0.126 e. The summed E-state index contributed by atoms with van der Waals surface area (Å²) in [5, 5.41) is 0. The first-order chi connectivity index (χ1) is 11.0. The van der Waals surface area contributed by atoms with Crippen molar-refractivity contribution in [2.24, 2.45) is 5.92 Å². The Bertz CT molecular complexity index is 553. The maximum atomic E-state index is 5.75. The van der Waals surface area contributed by atoms with Crippen LogP contribution in [-0.4, -0.2) is 9.97 Å². The highest BCUT2D eigenvalue weighted by Gasteiger charge is 2.12. The Labute approximate surface area is 141 Å². The molecule has 0 fully saturated rings. The number of anilines is 2. The monoisotopic (exact) mass is 316 g/mol. The predicted octanol–water partition coefficient (Wildman–Crippen LogP) is 4.68. The number of nitrogens with zero attached hydrogens (tertiary/aromatic N) is 2. The molecule has 4 nitrogen and oxygen atoms in total. The van der Waals surface area contributed by atoms with Crippen molar-refractivity contribution in [2.75, 3.05) is 11.5 Å². The van der Waals surface area contributed by atoms with E-state index >= 15 is 0 Å².